The maximum atomic E-state index is 6.36. The van der Waals surface area contributed by atoms with Gasteiger partial charge < -0.3 is 5.73 Å². The third kappa shape index (κ3) is 2.94. The first-order valence-corrected chi connectivity index (χ1v) is 6.94. The van der Waals surface area contributed by atoms with E-state index in [1.54, 1.807) is 12.1 Å². The second-order valence-electron chi connectivity index (χ2n) is 4.94. The summed E-state index contributed by atoms with van der Waals surface area (Å²) in [6, 6.07) is 9.42. The molecule has 2 rings (SSSR count). The number of aryl methyl sites for hydroxylation is 3. The first kappa shape index (κ1) is 14.4. The van der Waals surface area contributed by atoms with Crippen LogP contribution in [0.3, 0.4) is 0 Å². The summed E-state index contributed by atoms with van der Waals surface area (Å²) in [4.78, 5) is 0. The third-order valence-electron chi connectivity index (χ3n) is 3.51. The fourth-order valence-electron chi connectivity index (χ4n) is 2.24. The van der Waals surface area contributed by atoms with Gasteiger partial charge in [0.25, 0.3) is 0 Å². The Hall–Kier alpha value is -1.02. The topological polar surface area (TPSA) is 26.0 Å². The summed E-state index contributed by atoms with van der Waals surface area (Å²) < 4.78 is 0. The molecule has 0 aliphatic rings. The van der Waals surface area contributed by atoms with Gasteiger partial charge in [-0.25, -0.2) is 0 Å². The van der Waals surface area contributed by atoms with Crippen molar-refractivity contribution in [2.24, 2.45) is 5.73 Å². The molecule has 0 fully saturated rings. The summed E-state index contributed by atoms with van der Waals surface area (Å²) in [5.74, 6) is 0. The Balaban J connectivity index is 2.52. The van der Waals surface area contributed by atoms with Crippen LogP contribution in [0.25, 0.3) is 0 Å². The van der Waals surface area contributed by atoms with Gasteiger partial charge in [-0.2, -0.15) is 0 Å². The summed E-state index contributed by atoms with van der Waals surface area (Å²) in [5.41, 5.74) is 12.0. The molecule has 2 N–H and O–H groups in total. The maximum absolute atomic E-state index is 6.36. The van der Waals surface area contributed by atoms with Crippen LogP contribution >= 0.6 is 23.2 Å². The number of hydrogen-bond acceptors (Lipinski definition) is 1. The van der Waals surface area contributed by atoms with Crippen molar-refractivity contribution in [1.29, 1.82) is 0 Å². The zero-order chi connectivity index (χ0) is 14.2. The quantitative estimate of drug-likeness (QED) is 0.831. The van der Waals surface area contributed by atoms with Gasteiger partial charge in [0.05, 0.1) is 6.04 Å². The zero-order valence-electron chi connectivity index (χ0n) is 11.3. The molecule has 0 aromatic heterocycles. The van der Waals surface area contributed by atoms with Crippen LogP contribution in [0.1, 0.15) is 33.9 Å². The Bertz CT molecular complexity index is 620. The Labute approximate surface area is 124 Å². The van der Waals surface area contributed by atoms with E-state index in [9.17, 15) is 0 Å². The van der Waals surface area contributed by atoms with E-state index in [1.165, 1.54) is 16.7 Å². The molecule has 2 aromatic rings. The lowest BCUT2D eigenvalue weighted by Gasteiger charge is -2.18. The SMILES string of the molecule is Cc1cc(C)c(C(N)c2cc(Cl)ccc2Cl)cc1C. The lowest BCUT2D eigenvalue weighted by atomic mass is 9.92. The second kappa shape index (κ2) is 5.54. The minimum atomic E-state index is -0.259. The van der Waals surface area contributed by atoms with Crippen LogP contribution in [0, 0.1) is 20.8 Å². The van der Waals surface area contributed by atoms with Crippen LogP contribution in [0.5, 0.6) is 0 Å². The molecule has 0 bridgehead atoms. The van der Waals surface area contributed by atoms with Gasteiger partial charge in [-0.15, -0.1) is 0 Å². The lowest BCUT2D eigenvalue weighted by molar-refractivity contribution is 0.859. The summed E-state index contributed by atoms with van der Waals surface area (Å²) in [6.07, 6.45) is 0. The van der Waals surface area contributed by atoms with Crippen LogP contribution in [0.4, 0.5) is 0 Å². The minimum absolute atomic E-state index is 0.259. The fraction of sp³-hybridized carbons (Fsp3) is 0.250. The second-order valence-corrected chi connectivity index (χ2v) is 5.78. The van der Waals surface area contributed by atoms with Crippen molar-refractivity contribution < 1.29 is 0 Å². The van der Waals surface area contributed by atoms with E-state index in [-0.39, 0.29) is 6.04 Å². The predicted octanol–water partition coefficient (Wildman–Crippen LogP) is 4.97. The molecule has 0 saturated carbocycles. The summed E-state index contributed by atoms with van der Waals surface area (Å²) in [6.45, 7) is 6.26. The first-order valence-electron chi connectivity index (χ1n) is 6.18. The summed E-state index contributed by atoms with van der Waals surface area (Å²) >= 11 is 12.3. The Kier molecular flexibility index (Phi) is 4.19. The number of nitrogens with two attached hydrogens (primary N) is 1. The molecule has 1 unspecified atom stereocenters. The Morgan fingerprint density at radius 2 is 1.47 bits per heavy atom. The fourth-order valence-corrected chi connectivity index (χ4v) is 2.65. The molecular weight excluding hydrogens is 277 g/mol. The Morgan fingerprint density at radius 3 is 2.16 bits per heavy atom. The average molecular weight is 294 g/mol. The normalized spacial score (nSPS) is 12.5. The first-order chi connectivity index (χ1) is 8.90. The molecule has 0 aliphatic carbocycles. The monoisotopic (exact) mass is 293 g/mol. The van der Waals surface area contributed by atoms with Crippen molar-refractivity contribution in [1.82, 2.24) is 0 Å². The van der Waals surface area contributed by atoms with Crippen LogP contribution in [0.15, 0.2) is 30.3 Å². The molecule has 0 radical (unpaired) electrons. The van der Waals surface area contributed by atoms with Crippen molar-refractivity contribution >= 4 is 23.2 Å². The highest BCUT2D eigenvalue weighted by Gasteiger charge is 2.16. The molecule has 0 amide bonds. The maximum Gasteiger partial charge on any atom is 0.0569 e. The minimum Gasteiger partial charge on any atom is -0.320 e. The van der Waals surface area contributed by atoms with E-state index in [2.05, 4.69) is 32.9 Å². The van der Waals surface area contributed by atoms with Crippen molar-refractivity contribution in [3.8, 4) is 0 Å². The van der Waals surface area contributed by atoms with E-state index < -0.39 is 0 Å². The summed E-state index contributed by atoms with van der Waals surface area (Å²) in [7, 11) is 0. The Morgan fingerprint density at radius 1 is 0.842 bits per heavy atom. The van der Waals surface area contributed by atoms with Gasteiger partial charge in [-0.1, -0.05) is 35.3 Å². The molecule has 100 valence electrons. The van der Waals surface area contributed by atoms with Gasteiger partial charge in [-0.3, -0.25) is 0 Å². The van der Waals surface area contributed by atoms with E-state index in [0.717, 1.165) is 11.1 Å². The molecule has 0 aliphatic heterocycles. The van der Waals surface area contributed by atoms with Crippen molar-refractivity contribution in [3.05, 3.63) is 68.2 Å². The number of benzene rings is 2. The molecule has 0 heterocycles. The van der Waals surface area contributed by atoms with E-state index in [0.29, 0.717) is 10.0 Å². The highest BCUT2D eigenvalue weighted by Crippen LogP contribution is 2.31. The van der Waals surface area contributed by atoms with E-state index in [4.69, 9.17) is 28.9 Å². The third-order valence-corrected chi connectivity index (χ3v) is 4.09. The van der Waals surface area contributed by atoms with Gasteiger partial charge in [0.1, 0.15) is 0 Å². The smallest absolute Gasteiger partial charge is 0.0569 e. The predicted molar refractivity (Wildman–Crippen MR) is 83.1 cm³/mol. The number of hydrogen-bond donors (Lipinski definition) is 1. The van der Waals surface area contributed by atoms with Gasteiger partial charge in [-0.05, 0) is 66.8 Å². The molecule has 1 atom stereocenters. The zero-order valence-corrected chi connectivity index (χ0v) is 12.8. The van der Waals surface area contributed by atoms with Crippen LogP contribution in [0.2, 0.25) is 10.0 Å². The molecule has 0 saturated heterocycles. The molecule has 0 spiro atoms. The molecule has 19 heavy (non-hydrogen) atoms. The van der Waals surface area contributed by atoms with Crippen LogP contribution in [-0.4, -0.2) is 0 Å². The molecule has 1 nitrogen and oxygen atoms in total. The highest BCUT2D eigenvalue weighted by atomic mass is 35.5. The van der Waals surface area contributed by atoms with Crippen LogP contribution in [-0.2, 0) is 0 Å². The van der Waals surface area contributed by atoms with E-state index >= 15 is 0 Å². The largest absolute Gasteiger partial charge is 0.320 e. The average Bonchev–Trinajstić information content (AvgIpc) is 2.36. The van der Waals surface area contributed by atoms with Gasteiger partial charge in [0, 0.05) is 10.0 Å². The van der Waals surface area contributed by atoms with Crippen LogP contribution < -0.4 is 5.73 Å². The lowest BCUT2D eigenvalue weighted by Crippen LogP contribution is -2.14. The van der Waals surface area contributed by atoms with Crippen molar-refractivity contribution in [2.45, 2.75) is 26.8 Å². The van der Waals surface area contributed by atoms with Crippen molar-refractivity contribution in [2.75, 3.05) is 0 Å². The standard InChI is InChI=1S/C16H17Cl2N/c1-9-6-11(3)13(7-10(9)2)16(19)14-8-12(17)4-5-15(14)18/h4-8,16H,19H2,1-3H3. The van der Waals surface area contributed by atoms with Gasteiger partial charge in [0.15, 0.2) is 0 Å². The van der Waals surface area contributed by atoms with Gasteiger partial charge in [0.2, 0.25) is 0 Å². The molecule has 3 heteroatoms. The van der Waals surface area contributed by atoms with E-state index in [1.807, 2.05) is 6.07 Å². The number of rotatable bonds is 2. The molecular formula is C16H17Cl2N. The van der Waals surface area contributed by atoms with Gasteiger partial charge >= 0.3 is 0 Å². The number of halogens is 2. The van der Waals surface area contributed by atoms with Crippen molar-refractivity contribution in [3.63, 3.8) is 0 Å². The molecule has 2 aromatic carbocycles. The summed E-state index contributed by atoms with van der Waals surface area (Å²) in [5, 5.41) is 1.30. The highest BCUT2D eigenvalue weighted by molar-refractivity contribution is 6.33.